The quantitative estimate of drug-likeness (QED) is 0.791. The molecule has 1 aromatic carbocycles. The van der Waals surface area contributed by atoms with E-state index in [0.717, 1.165) is 16.6 Å². The summed E-state index contributed by atoms with van der Waals surface area (Å²) in [6, 6.07) is 7.66. The summed E-state index contributed by atoms with van der Waals surface area (Å²) < 4.78 is 1.81. The lowest BCUT2D eigenvalue weighted by molar-refractivity contribution is -0.136. The van der Waals surface area contributed by atoms with Gasteiger partial charge in [0.2, 0.25) is 0 Å². The van der Waals surface area contributed by atoms with Gasteiger partial charge in [0.15, 0.2) is 0 Å². The maximum Gasteiger partial charge on any atom is 0.309 e. The third-order valence-electron chi connectivity index (χ3n) is 2.85. The Hall–Kier alpha value is -2.21. The Balaban J connectivity index is 2.06. The van der Waals surface area contributed by atoms with E-state index >= 15 is 0 Å². The van der Waals surface area contributed by atoms with Crippen LogP contribution < -0.4 is 0 Å². The Morgan fingerprint density at radius 3 is 2.95 bits per heavy atom. The van der Waals surface area contributed by atoms with E-state index in [-0.39, 0.29) is 6.42 Å². The third kappa shape index (κ3) is 2.34. The number of hydrogen-bond donors (Lipinski definition) is 1. The molecule has 0 aliphatic rings. The minimum atomic E-state index is -0.871. The van der Waals surface area contributed by atoms with Crippen molar-refractivity contribution >= 4 is 28.2 Å². The summed E-state index contributed by atoms with van der Waals surface area (Å²) in [5.74, 6) is -0.871. The van der Waals surface area contributed by atoms with Gasteiger partial charge in [-0.2, -0.15) is 5.10 Å². The first-order valence-corrected chi connectivity index (χ1v) is 6.71. The van der Waals surface area contributed by atoms with Crippen LogP contribution in [0.15, 0.2) is 35.2 Å². The number of benzene rings is 1. The number of carboxylic acids is 1. The fourth-order valence-electron chi connectivity index (χ4n) is 2.06. The SMILES string of the molecule is O=C(O)Cc1nn(Cc2cscn2)c2ccccc12. The van der Waals surface area contributed by atoms with Gasteiger partial charge in [0.25, 0.3) is 0 Å². The normalized spacial score (nSPS) is 10.9. The average molecular weight is 273 g/mol. The van der Waals surface area contributed by atoms with E-state index < -0.39 is 5.97 Å². The molecule has 0 bridgehead atoms. The monoisotopic (exact) mass is 273 g/mol. The highest BCUT2D eigenvalue weighted by Crippen LogP contribution is 2.20. The van der Waals surface area contributed by atoms with Crippen molar-refractivity contribution in [3.05, 3.63) is 46.5 Å². The van der Waals surface area contributed by atoms with Crippen molar-refractivity contribution in [2.75, 3.05) is 0 Å². The molecule has 0 fully saturated rings. The molecular formula is C13H11N3O2S. The molecule has 0 spiro atoms. The molecule has 6 heteroatoms. The number of para-hydroxylation sites is 1. The number of aromatic nitrogens is 3. The number of rotatable bonds is 4. The largest absolute Gasteiger partial charge is 0.481 e. The summed E-state index contributed by atoms with van der Waals surface area (Å²) in [7, 11) is 0. The van der Waals surface area contributed by atoms with Crippen LogP contribution in [0.25, 0.3) is 10.9 Å². The molecule has 0 unspecified atom stereocenters. The number of fused-ring (bicyclic) bond motifs is 1. The molecule has 0 saturated heterocycles. The van der Waals surface area contributed by atoms with E-state index in [1.807, 2.05) is 34.3 Å². The summed E-state index contributed by atoms with van der Waals surface area (Å²) in [4.78, 5) is 15.1. The molecule has 3 rings (SSSR count). The van der Waals surface area contributed by atoms with Crippen molar-refractivity contribution in [1.82, 2.24) is 14.8 Å². The molecule has 2 aromatic heterocycles. The second-order valence-corrected chi connectivity index (χ2v) is 4.89. The topological polar surface area (TPSA) is 68.0 Å². The molecule has 0 amide bonds. The second kappa shape index (κ2) is 4.81. The Kier molecular flexibility index (Phi) is 3.00. The minimum absolute atomic E-state index is 0.0649. The number of nitrogens with zero attached hydrogens (tertiary/aromatic N) is 3. The first-order valence-electron chi connectivity index (χ1n) is 5.77. The zero-order valence-electron chi connectivity index (χ0n) is 9.98. The number of carbonyl (C=O) groups is 1. The molecule has 5 nitrogen and oxygen atoms in total. The van der Waals surface area contributed by atoms with Gasteiger partial charge < -0.3 is 5.11 Å². The van der Waals surface area contributed by atoms with Crippen LogP contribution in [0.3, 0.4) is 0 Å². The zero-order valence-corrected chi connectivity index (χ0v) is 10.8. The maximum atomic E-state index is 10.9. The van der Waals surface area contributed by atoms with Crippen LogP contribution in [0, 0.1) is 0 Å². The highest BCUT2D eigenvalue weighted by molar-refractivity contribution is 7.07. The highest BCUT2D eigenvalue weighted by Gasteiger charge is 2.13. The molecule has 19 heavy (non-hydrogen) atoms. The zero-order chi connectivity index (χ0) is 13.2. The van der Waals surface area contributed by atoms with E-state index in [2.05, 4.69) is 10.1 Å². The number of hydrogen-bond acceptors (Lipinski definition) is 4. The van der Waals surface area contributed by atoms with Gasteiger partial charge in [-0.05, 0) is 6.07 Å². The van der Waals surface area contributed by atoms with Gasteiger partial charge in [-0.1, -0.05) is 18.2 Å². The van der Waals surface area contributed by atoms with E-state index in [1.165, 1.54) is 11.3 Å². The van der Waals surface area contributed by atoms with Crippen LogP contribution >= 0.6 is 11.3 Å². The van der Waals surface area contributed by atoms with Crippen molar-refractivity contribution in [3.8, 4) is 0 Å². The lowest BCUT2D eigenvalue weighted by Crippen LogP contribution is -2.05. The van der Waals surface area contributed by atoms with Gasteiger partial charge in [0.05, 0.1) is 35.4 Å². The van der Waals surface area contributed by atoms with E-state index in [9.17, 15) is 4.79 Å². The van der Waals surface area contributed by atoms with Gasteiger partial charge in [-0.25, -0.2) is 4.98 Å². The average Bonchev–Trinajstić information content (AvgIpc) is 2.99. The Labute approximate surface area is 113 Å². The van der Waals surface area contributed by atoms with Crippen molar-refractivity contribution in [3.63, 3.8) is 0 Å². The van der Waals surface area contributed by atoms with Gasteiger partial charge >= 0.3 is 5.97 Å². The first-order chi connectivity index (χ1) is 9.24. The van der Waals surface area contributed by atoms with Crippen LogP contribution in [0.2, 0.25) is 0 Å². The lowest BCUT2D eigenvalue weighted by Gasteiger charge is -1.99. The van der Waals surface area contributed by atoms with Crippen molar-refractivity contribution in [2.24, 2.45) is 0 Å². The number of aliphatic carboxylic acids is 1. The van der Waals surface area contributed by atoms with Crippen LogP contribution in [-0.2, 0) is 17.8 Å². The second-order valence-electron chi connectivity index (χ2n) is 4.17. The van der Waals surface area contributed by atoms with Crippen LogP contribution in [0.4, 0.5) is 0 Å². The molecule has 2 heterocycles. The fraction of sp³-hybridized carbons (Fsp3) is 0.154. The standard InChI is InChI=1S/C13H11N3O2S/c17-13(18)5-11-10-3-1-2-4-12(10)16(15-11)6-9-7-19-8-14-9/h1-4,7-8H,5-6H2,(H,17,18). The maximum absolute atomic E-state index is 10.9. The molecule has 0 atom stereocenters. The number of thiazole rings is 1. The summed E-state index contributed by atoms with van der Waals surface area (Å²) >= 11 is 1.54. The smallest absolute Gasteiger partial charge is 0.309 e. The van der Waals surface area contributed by atoms with E-state index in [4.69, 9.17) is 5.11 Å². The highest BCUT2D eigenvalue weighted by atomic mass is 32.1. The Morgan fingerprint density at radius 1 is 1.37 bits per heavy atom. The van der Waals surface area contributed by atoms with Crippen LogP contribution in [0.1, 0.15) is 11.4 Å². The Bertz CT molecular complexity index is 719. The molecule has 3 aromatic rings. The van der Waals surface area contributed by atoms with Crippen molar-refractivity contribution in [2.45, 2.75) is 13.0 Å². The third-order valence-corrected chi connectivity index (χ3v) is 3.48. The predicted octanol–water partition coefficient (Wildman–Crippen LogP) is 2.17. The predicted molar refractivity (Wildman–Crippen MR) is 72.3 cm³/mol. The van der Waals surface area contributed by atoms with Crippen LogP contribution in [-0.4, -0.2) is 25.8 Å². The van der Waals surface area contributed by atoms with Gasteiger partial charge in [0.1, 0.15) is 0 Å². The molecule has 0 aliphatic heterocycles. The lowest BCUT2D eigenvalue weighted by atomic mass is 10.2. The molecule has 0 radical (unpaired) electrons. The summed E-state index contributed by atoms with van der Waals surface area (Å²) in [5.41, 5.74) is 4.24. The van der Waals surface area contributed by atoms with Gasteiger partial charge in [-0.15, -0.1) is 11.3 Å². The van der Waals surface area contributed by atoms with E-state index in [1.54, 1.807) is 5.51 Å². The molecule has 0 aliphatic carbocycles. The van der Waals surface area contributed by atoms with Crippen LogP contribution in [0.5, 0.6) is 0 Å². The summed E-state index contributed by atoms with van der Waals surface area (Å²) in [6.07, 6.45) is -0.0649. The molecule has 0 saturated carbocycles. The Morgan fingerprint density at radius 2 is 2.21 bits per heavy atom. The van der Waals surface area contributed by atoms with E-state index in [0.29, 0.717) is 12.2 Å². The molecule has 1 N–H and O–H groups in total. The first kappa shape index (κ1) is 11.9. The fourth-order valence-corrected chi connectivity index (χ4v) is 2.61. The van der Waals surface area contributed by atoms with Crippen molar-refractivity contribution < 1.29 is 9.90 Å². The van der Waals surface area contributed by atoms with Gasteiger partial charge in [0, 0.05) is 10.8 Å². The number of carboxylic acid groups (broad SMARTS) is 1. The molecular weight excluding hydrogens is 262 g/mol. The summed E-state index contributed by atoms with van der Waals surface area (Å²) in [5, 5.41) is 16.2. The minimum Gasteiger partial charge on any atom is -0.481 e. The van der Waals surface area contributed by atoms with Crippen molar-refractivity contribution in [1.29, 1.82) is 0 Å². The summed E-state index contributed by atoms with van der Waals surface area (Å²) in [6.45, 7) is 0.559. The molecule has 96 valence electrons. The van der Waals surface area contributed by atoms with Gasteiger partial charge in [-0.3, -0.25) is 9.48 Å².